The fourth-order valence-electron chi connectivity index (χ4n) is 4.13. The third kappa shape index (κ3) is 5.71. The number of piperidine rings is 1. The number of fused-ring (bicyclic) bond motifs is 1. The molecule has 3 aromatic rings. The van der Waals surface area contributed by atoms with Gasteiger partial charge in [0.15, 0.2) is 11.3 Å². The molecule has 1 saturated heterocycles. The molecule has 3 aromatic heterocycles. The van der Waals surface area contributed by atoms with Crippen LogP contribution in [0.25, 0.3) is 5.65 Å². The summed E-state index contributed by atoms with van der Waals surface area (Å²) in [6.07, 6.45) is -3.12. The summed E-state index contributed by atoms with van der Waals surface area (Å²) >= 11 is 3.18. The molecule has 0 radical (unpaired) electrons. The Labute approximate surface area is 213 Å². The lowest BCUT2D eigenvalue weighted by molar-refractivity contribution is -0.141. The van der Waals surface area contributed by atoms with Crippen LogP contribution in [-0.4, -0.2) is 55.8 Å². The van der Waals surface area contributed by atoms with Crippen molar-refractivity contribution in [3.63, 3.8) is 0 Å². The highest BCUT2D eigenvalue weighted by atomic mass is 79.9. The first-order valence-corrected chi connectivity index (χ1v) is 12.0. The van der Waals surface area contributed by atoms with Gasteiger partial charge < -0.3 is 15.0 Å². The van der Waals surface area contributed by atoms with E-state index in [0.717, 1.165) is 12.3 Å². The molecule has 0 spiro atoms. The van der Waals surface area contributed by atoms with Crippen LogP contribution in [0, 0.1) is 5.82 Å². The second-order valence-corrected chi connectivity index (χ2v) is 10.5. The molecule has 0 bridgehead atoms. The quantitative estimate of drug-likeness (QED) is 0.420. The number of hydrogen-bond acceptors (Lipinski definition) is 6. The van der Waals surface area contributed by atoms with E-state index in [9.17, 15) is 22.4 Å². The van der Waals surface area contributed by atoms with Crippen molar-refractivity contribution < 1.29 is 27.1 Å². The van der Waals surface area contributed by atoms with Gasteiger partial charge in [0, 0.05) is 42.9 Å². The van der Waals surface area contributed by atoms with Crippen molar-refractivity contribution in [1.29, 1.82) is 0 Å². The van der Waals surface area contributed by atoms with Crippen LogP contribution in [0.3, 0.4) is 0 Å². The molecule has 0 aliphatic carbocycles. The summed E-state index contributed by atoms with van der Waals surface area (Å²) < 4.78 is 61.1. The molecule has 0 atom stereocenters. The van der Waals surface area contributed by atoms with Gasteiger partial charge in [0.25, 0.3) is 0 Å². The zero-order valence-corrected chi connectivity index (χ0v) is 21.5. The van der Waals surface area contributed by atoms with E-state index in [4.69, 9.17) is 4.74 Å². The predicted molar refractivity (Wildman–Crippen MR) is 127 cm³/mol. The number of aromatic nitrogens is 4. The Bertz CT molecular complexity index is 1250. The number of hydrogen-bond donors (Lipinski definition) is 1. The SMILES string of the molecule is CC(C)(C)OC(=O)N1CCC(CNc2cc(C(F)(F)F)nc3cc(Br)nn23)(c2ccc(F)cn2)CC1. The van der Waals surface area contributed by atoms with Crippen molar-refractivity contribution in [3.8, 4) is 0 Å². The van der Waals surface area contributed by atoms with Crippen molar-refractivity contribution in [2.24, 2.45) is 0 Å². The van der Waals surface area contributed by atoms with E-state index in [1.807, 2.05) is 0 Å². The lowest BCUT2D eigenvalue weighted by Gasteiger charge is -2.42. The third-order valence-corrected chi connectivity index (χ3v) is 6.33. The van der Waals surface area contributed by atoms with Crippen LogP contribution in [0.15, 0.2) is 35.1 Å². The number of amides is 1. The van der Waals surface area contributed by atoms with E-state index < -0.39 is 34.8 Å². The second-order valence-electron chi connectivity index (χ2n) is 9.72. The van der Waals surface area contributed by atoms with Gasteiger partial charge in [0.05, 0.1) is 6.20 Å². The molecule has 0 unspecified atom stereocenters. The lowest BCUT2D eigenvalue weighted by atomic mass is 9.75. The van der Waals surface area contributed by atoms with Gasteiger partial charge in [-0.1, -0.05) is 0 Å². The molecule has 194 valence electrons. The number of alkyl halides is 3. The maximum absolute atomic E-state index is 13.6. The summed E-state index contributed by atoms with van der Waals surface area (Å²) in [4.78, 5) is 22.1. The average Bonchev–Trinajstić information content (AvgIpc) is 3.16. The van der Waals surface area contributed by atoms with Gasteiger partial charge in [-0.3, -0.25) is 4.98 Å². The number of carbonyl (C=O) groups is 1. The first-order chi connectivity index (χ1) is 16.8. The Morgan fingerprint density at radius 2 is 1.89 bits per heavy atom. The van der Waals surface area contributed by atoms with Gasteiger partial charge in [0.1, 0.15) is 21.8 Å². The van der Waals surface area contributed by atoms with Crippen LogP contribution in [-0.2, 0) is 16.3 Å². The minimum absolute atomic E-state index is 0.0212. The highest BCUT2D eigenvalue weighted by Crippen LogP contribution is 2.36. The molecule has 13 heteroatoms. The fraction of sp³-hybridized carbons (Fsp3) is 0.478. The summed E-state index contributed by atoms with van der Waals surface area (Å²) in [5, 5.41) is 7.27. The predicted octanol–water partition coefficient (Wildman–Crippen LogP) is 5.43. The first-order valence-electron chi connectivity index (χ1n) is 11.2. The van der Waals surface area contributed by atoms with E-state index in [0.29, 0.717) is 36.2 Å². The van der Waals surface area contributed by atoms with Gasteiger partial charge in [0.2, 0.25) is 0 Å². The van der Waals surface area contributed by atoms with Gasteiger partial charge in [-0.15, -0.1) is 0 Å². The van der Waals surface area contributed by atoms with Crippen molar-refractivity contribution >= 4 is 33.5 Å². The number of nitrogens with one attached hydrogen (secondary N) is 1. The topological polar surface area (TPSA) is 84.6 Å². The number of ether oxygens (including phenoxy) is 1. The first kappa shape index (κ1) is 26.1. The Morgan fingerprint density at radius 1 is 1.19 bits per heavy atom. The van der Waals surface area contributed by atoms with Crippen molar-refractivity contribution in [2.45, 2.75) is 50.8 Å². The highest BCUT2D eigenvalue weighted by molar-refractivity contribution is 9.10. The zero-order chi connectivity index (χ0) is 26.3. The fourth-order valence-corrected chi connectivity index (χ4v) is 4.50. The van der Waals surface area contributed by atoms with E-state index in [1.54, 1.807) is 31.7 Å². The molecular formula is C23H25BrF4N6O2. The maximum Gasteiger partial charge on any atom is 0.433 e. The average molecular weight is 573 g/mol. The number of anilines is 1. The minimum atomic E-state index is -4.65. The third-order valence-electron chi connectivity index (χ3n) is 5.94. The normalized spacial score (nSPS) is 16.3. The monoisotopic (exact) mass is 572 g/mol. The van der Waals surface area contributed by atoms with E-state index in [2.05, 4.69) is 36.3 Å². The summed E-state index contributed by atoms with van der Waals surface area (Å²) in [5.74, 6) is -0.408. The van der Waals surface area contributed by atoms with Crippen LogP contribution < -0.4 is 5.32 Å². The number of pyridine rings is 1. The van der Waals surface area contributed by atoms with Crippen LogP contribution in [0.5, 0.6) is 0 Å². The van der Waals surface area contributed by atoms with E-state index >= 15 is 0 Å². The Balaban J connectivity index is 1.63. The van der Waals surface area contributed by atoms with Crippen LogP contribution in [0.2, 0.25) is 0 Å². The standard InChI is InChI=1S/C23H25BrF4N6O2/c1-21(2,3)36-20(35)33-8-6-22(7-9-33,15-5-4-14(25)12-29-15)13-30-18-10-16(23(26,27)28)31-19-11-17(24)32-34(18)19/h4-5,10-12,30H,6-9,13H2,1-3H3. The smallest absolute Gasteiger partial charge is 0.433 e. The van der Waals surface area contributed by atoms with E-state index in [-0.39, 0.29) is 18.0 Å². The van der Waals surface area contributed by atoms with Gasteiger partial charge >= 0.3 is 12.3 Å². The highest BCUT2D eigenvalue weighted by Gasteiger charge is 2.40. The lowest BCUT2D eigenvalue weighted by Crippen LogP contribution is -2.49. The number of likely N-dealkylation sites (tertiary alicyclic amines) is 1. The molecule has 1 fully saturated rings. The van der Waals surface area contributed by atoms with Gasteiger partial charge in [-0.25, -0.2) is 14.2 Å². The molecule has 8 nitrogen and oxygen atoms in total. The number of halogens is 5. The molecule has 1 amide bonds. The van der Waals surface area contributed by atoms with Crippen molar-refractivity contribution in [3.05, 3.63) is 52.3 Å². The maximum atomic E-state index is 13.6. The van der Waals surface area contributed by atoms with Gasteiger partial charge in [-0.05, 0) is 61.7 Å². The Hall–Kier alpha value is -2.96. The molecule has 1 aliphatic heterocycles. The number of nitrogens with zero attached hydrogens (tertiary/aromatic N) is 5. The van der Waals surface area contributed by atoms with Crippen molar-refractivity contribution in [2.75, 3.05) is 25.0 Å². The molecule has 0 saturated carbocycles. The molecule has 4 rings (SSSR count). The molecular weight excluding hydrogens is 548 g/mol. The molecule has 4 heterocycles. The zero-order valence-electron chi connectivity index (χ0n) is 19.9. The minimum Gasteiger partial charge on any atom is -0.444 e. The largest absolute Gasteiger partial charge is 0.444 e. The Morgan fingerprint density at radius 3 is 2.47 bits per heavy atom. The number of carbonyl (C=O) groups excluding carboxylic acids is 1. The molecule has 0 aromatic carbocycles. The van der Waals surface area contributed by atoms with Crippen LogP contribution in [0.4, 0.5) is 28.2 Å². The van der Waals surface area contributed by atoms with Crippen LogP contribution in [0.1, 0.15) is 45.0 Å². The van der Waals surface area contributed by atoms with Gasteiger partial charge in [-0.2, -0.15) is 22.8 Å². The summed E-state index contributed by atoms with van der Waals surface area (Å²) in [5.41, 5.74) is -1.80. The molecule has 1 aliphatic rings. The van der Waals surface area contributed by atoms with Crippen LogP contribution >= 0.6 is 15.9 Å². The number of rotatable bonds is 4. The van der Waals surface area contributed by atoms with E-state index in [1.165, 1.54) is 16.6 Å². The summed E-state index contributed by atoms with van der Waals surface area (Å²) in [7, 11) is 0. The van der Waals surface area contributed by atoms with Crippen molar-refractivity contribution in [1.82, 2.24) is 24.5 Å². The summed E-state index contributed by atoms with van der Waals surface area (Å²) in [6.45, 7) is 6.18. The molecule has 1 N–H and O–H groups in total. The summed E-state index contributed by atoms with van der Waals surface area (Å²) in [6, 6.07) is 5.14. The molecule has 36 heavy (non-hydrogen) atoms. The Kier molecular flexibility index (Phi) is 6.88. The second kappa shape index (κ2) is 9.49.